The molecule has 0 spiro atoms. The number of nitro groups is 1. The standard InChI is InChI=1S/C9H13N3O4/c1-6(13)5-10-9-7(12(14)15)3-4-8(11-9)16-2/h3-4,6,13H,5H2,1-2H3,(H,10,11). The van der Waals surface area contributed by atoms with Crippen molar-refractivity contribution in [2.75, 3.05) is 19.0 Å². The van der Waals surface area contributed by atoms with Gasteiger partial charge in [0, 0.05) is 18.7 Å². The molecule has 2 N–H and O–H groups in total. The third-order valence-electron chi connectivity index (χ3n) is 1.82. The lowest BCUT2D eigenvalue weighted by Crippen LogP contribution is -2.17. The first-order chi connectivity index (χ1) is 7.54. The number of aliphatic hydroxyl groups excluding tert-OH is 1. The highest BCUT2D eigenvalue weighted by molar-refractivity contribution is 5.57. The van der Waals surface area contributed by atoms with Crippen LogP contribution < -0.4 is 10.1 Å². The summed E-state index contributed by atoms with van der Waals surface area (Å²) in [6.07, 6.45) is -0.618. The van der Waals surface area contributed by atoms with Crippen LogP contribution in [0.3, 0.4) is 0 Å². The van der Waals surface area contributed by atoms with Gasteiger partial charge in [0.1, 0.15) is 0 Å². The van der Waals surface area contributed by atoms with E-state index in [1.807, 2.05) is 0 Å². The fraction of sp³-hybridized carbons (Fsp3) is 0.444. The first-order valence-corrected chi connectivity index (χ1v) is 4.66. The summed E-state index contributed by atoms with van der Waals surface area (Å²) < 4.78 is 4.86. The Hall–Kier alpha value is -1.89. The van der Waals surface area contributed by atoms with E-state index in [4.69, 9.17) is 9.84 Å². The molecule has 1 rings (SSSR count). The molecule has 0 amide bonds. The molecule has 0 aliphatic rings. The van der Waals surface area contributed by atoms with Crippen molar-refractivity contribution in [1.29, 1.82) is 0 Å². The maximum atomic E-state index is 10.7. The van der Waals surface area contributed by atoms with Crippen LogP contribution in [-0.4, -0.2) is 34.8 Å². The summed E-state index contributed by atoms with van der Waals surface area (Å²) in [5, 5.41) is 22.5. The van der Waals surface area contributed by atoms with Gasteiger partial charge in [-0.15, -0.1) is 0 Å². The van der Waals surface area contributed by atoms with Crippen molar-refractivity contribution in [3.05, 3.63) is 22.2 Å². The van der Waals surface area contributed by atoms with Crippen molar-refractivity contribution < 1.29 is 14.8 Å². The molecule has 16 heavy (non-hydrogen) atoms. The molecule has 7 heteroatoms. The molecule has 1 atom stereocenters. The maximum Gasteiger partial charge on any atom is 0.311 e. The number of ether oxygens (including phenoxy) is 1. The van der Waals surface area contributed by atoms with Gasteiger partial charge in [-0.3, -0.25) is 10.1 Å². The van der Waals surface area contributed by atoms with Gasteiger partial charge in [0.05, 0.1) is 18.1 Å². The van der Waals surface area contributed by atoms with E-state index in [2.05, 4.69) is 10.3 Å². The number of rotatable bonds is 5. The van der Waals surface area contributed by atoms with Crippen molar-refractivity contribution >= 4 is 11.5 Å². The Morgan fingerprint density at radius 3 is 2.88 bits per heavy atom. The highest BCUT2D eigenvalue weighted by Gasteiger charge is 2.16. The molecule has 0 saturated carbocycles. The number of nitrogens with zero attached hydrogens (tertiary/aromatic N) is 2. The minimum absolute atomic E-state index is 0.0882. The third-order valence-corrected chi connectivity index (χ3v) is 1.82. The Kier molecular flexibility index (Phi) is 4.01. The Morgan fingerprint density at radius 1 is 1.69 bits per heavy atom. The lowest BCUT2D eigenvalue weighted by Gasteiger charge is -2.08. The molecule has 0 saturated heterocycles. The number of hydrogen-bond acceptors (Lipinski definition) is 6. The Morgan fingerprint density at radius 2 is 2.38 bits per heavy atom. The lowest BCUT2D eigenvalue weighted by atomic mass is 10.3. The molecular weight excluding hydrogens is 214 g/mol. The topological polar surface area (TPSA) is 97.5 Å². The Balaban J connectivity index is 2.96. The molecule has 0 bridgehead atoms. The van der Waals surface area contributed by atoms with Crippen LogP contribution in [0.4, 0.5) is 11.5 Å². The van der Waals surface area contributed by atoms with E-state index in [1.165, 1.54) is 19.2 Å². The molecule has 7 nitrogen and oxygen atoms in total. The molecule has 0 radical (unpaired) electrons. The highest BCUT2D eigenvalue weighted by Crippen LogP contribution is 2.24. The summed E-state index contributed by atoms with van der Waals surface area (Å²) >= 11 is 0. The first kappa shape index (κ1) is 12.2. The largest absolute Gasteiger partial charge is 0.481 e. The van der Waals surface area contributed by atoms with Crippen molar-refractivity contribution in [3.63, 3.8) is 0 Å². The van der Waals surface area contributed by atoms with Crippen LogP contribution in [0.1, 0.15) is 6.92 Å². The molecule has 0 aliphatic heterocycles. The summed E-state index contributed by atoms with van der Waals surface area (Å²) in [6.45, 7) is 1.75. The number of anilines is 1. The van der Waals surface area contributed by atoms with Gasteiger partial charge in [0.25, 0.3) is 0 Å². The Bertz CT molecular complexity index is 381. The van der Waals surface area contributed by atoms with Gasteiger partial charge in [-0.1, -0.05) is 0 Å². The number of pyridine rings is 1. The predicted octanol–water partition coefficient (Wildman–Crippen LogP) is 0.791. The molecule has 1 aromatic rings. The van der Waals surface area contributed by atoms with Crippen molar-refractivity contribution in [2.45, 2.75) is 13.0 Å². The fourth-order valence-electron chi connectivity index (χ4n) is 1.07. The Labute approximate surface area is 92.2 Å². The van der Waals surface area contributed by atoms with Gasteiger partial charge in [-0.25, -0.2) is 0 Å². The van der Waals surface area contributed by atoms with E-state index in [9.17, 15) is 10.1 Å². The molecule has 1 heterocycles. The average Bonchev–Trinajstić information content (AvgIpc) is 2.25. The summed E-state index contributed by atoms with van der Waals surface area (Å²) in [6, 6.07) is 2.71. The SMILES string of the molecule is COc1ccc([N+](=O)[O-])c(NCC(C)O)n1. The van der Waals surface area contributed by atoms with Gasteiger partial charge < -0.3 is 15.2 Å². The van der Waals surface area contributed by atoms with Crippen LogP contribution in [0.2, 0.25) is 0 Å². The second kappa shape index (κ2) is 5.26. The fourth-order valence-corrected chi connectivity index (χ4v) is 1.07. The summed E-state index contributed by atoms with van der Waals surface area (Å²) in [4.78, 5) is 14.0. The number of nitrogens with one attached hydrogen (secondary N) is 1. The normalized spacial score (nSPS) is 11.9. The van der Waals surface area contributed by atoms with Crippen LogP contribution in [0.25, 0.3) is 0 Å². The maximum absolute atomic E-state index is 10.7. The van der Waals surface area contributed by atoms with Crippen molar-refractivity contribution in [1.82, 2.24) is 4.98 Å². The molecule has 0 fully saturated rings. The van der Waals surface area contributed by atoms with Gasteiger partial charge in [-0.05, 0) is 6.92 Å². The summed E-state index contributed by atoms with van der Waals surface area (Å²) in [7, 11) is 1.42. The van der Waals surface area contributed by atoms with Crippen LogP contribution in [0.5, 0.6) is 5.88 Å². The van der Waals surface area contributed by atoms with E-state index in [0.29, 0.717) is 0 Å². The molecule has 1 unspecified atom stereocenters. The van der Waals surface area contributed by atoms with Gasteiger partial charge in [0.2, 0.25) is 11.7 Å². The summed E-state index contributed by atoms with van der Waals surface area (Å²) in [5.41, 5.74) is -0.151. The van der Waals surface area contributed by atoms with Crippen LogP contribution in [0.15, 0.2) is 12.1 Å². The van der Waals surface area contributed by atoms with Crippen molar-refractivity contribution in [3.8, 4) is 5.88 Å². The van der Waals surface area contributed by atoms with E-state index < -0.39 is 11.0 Å². The number of methoxy groups -OCH3 is 1. The smallest absolute Gasteiger partial charge is 0.311 e. The minimum atomic E-state index is -0.618. The predicted molar refractivity (Wildman–Crippen MR) is 57.6 cm³/mol. The van der Waals surface area contributed by atoms with E-state index in [1.54, 1.807) is 6.92 Å². The summed E-state index contributed by atoms with van der Waals surface area (Å²) in [5.74, 6) is 0.365. The number of hydrogen-bond donors (Lipinski definition) is 2. The van der Waals surface area contributed by atoms with Crippen molar-refractivity contribution in [2.24, 2.45) is 0 Å². The average molecular weight is 227 g/mol. The quantitative estimate of drug-likeness (QED) is 0.570. The van der Waals surface area contributed by atoms with Gasteiger partial charge >= 0.3 is 5.69 Å². The van der Waals surface area contributed by atoms with Gasteiger partial charge in [-0.2, -0.15) is 4.98 Å². The highest BCUT2D eigenvalue weighted by atomic mass is 16.6. The molecule has 88 valence electrons. The van der Waals surface area contributed by atoms with Crippen LogP contribution in [-0.2, 0) is 0 Å². The monoisotopic (exact) mass is 227 g/mol. The molecule has 0 aromatic carbocycles. The molecule has 1 aromatic heterocycles. The second-order valence-electron chi connectivity index (χ2n) is 3.21. The van der Waals surface area contributed by atoms with Crippen LogP contribution in [0, 0.1) is 10.1 Å². The zero-order valence-electron chi connectivity index (χ0n) is 9.01. The number of aromatic nitrogens is 1. The zero-order chi connectivity index (χ0) is 12.1. The zero-order valence-corrected chi connectivity index (χ0v) is 9.01. The third kappa shape index (κ3) is 3.06. The molecule has 0 aliphatic carbocycles. The van der Waals surface area contributed by atoms with E-state index in [-0.39, 0.29) is 23.9 Å². The lowest BCUT2D eigenvalue weighted by molar-refractivity contribution is -0.384. The number of aliphatic hydroxyl groups is 1. The van der Waals surface area contributed by atoms with Crippen LogP contribution >= 0.6 is 0 Å². The van der Waals surface area contributed by atoms with E-state index >= 15 is 0 Å². The minimum Gasteiger partial charge on any atom is -0.481 e. The van der Waals surface area contributed by atoms with E-state index in [0.717, 1.165) is 0 Å². The first-order valence-electron chi connectivity index (χ1n) is 4.66. The molecular formula is C9H13N3O4. The second-order valence-corrected chi connectivity index (χ2v) is 3.21. The van der Waals surface area contributed by atoms with Gasteiger partial charge in [0.15, 0.2) is 0 Å².